The van der Waals surface area contributed by atoms with Gasteiger partial charge in [-0.2, -0.15) is 9.47 Å². The summed E-state index contributed by atoms with van der Waals surface area (Å²) in [5, 5.41) is 17.4. The second-order valence-corrected chi connectivity index (χ2v) is 5.43. The monoisotopic (exact) mass is 279 g/mol. The fraction of sp³-hybridized carbons (Fsp3) is 0.583. The Morgan fingerprint density at radius 1 is 1.47 bits per heavy atom. The highest BCUT2D eigenvalue weighted by Gasteiger charge is 2.23. The standard InChI is InChI=1S/C12H17N5OS/c1-2-3-11-13-12(19-16-11)17-5-4-9-8(6-17)10(7-18)15-14-9/h18H,2-7H2,1H3,(H,14,15). The summed E-state index contributed by atoms with van der Waals surface area (Å²) < 4.78 is 4.38. The SMILES string of the molecule is CCCc1nsc(N2CCc3[nH]nc(CO)c3C2)n1. The maximum atomic E-state index is 9.29. The van der Waals surface area contributed by atoms with Crippen LogP contribution in [0.25, 0.3) is 0 Å². The summed E-state index contributed by atoms with van der Waals surface area (Å²) in [6.45, 7) is 3.78. The molecule has 2 N–H and O–H groups in total. The summed E-state index contributed by atoms with van der Waals surface area (Å²) in [7, 11) is 0. The van der Waals surface area contributed by atoms with Crippen LogP contribution >= 0.6 is 11.5 Å². The van der Waals surface area contributed by atoms with Crippen molar-refractivity contribution in [3.63, 3.8) is 0 Å². The quantitative estimate of drug-likeness (QED) is 0.881. The van der Waals surface area contributed by atoms with Gasteiger partial charge < -0.3 is 10.0 Å². The van der Waals surface area contributed by atoms with Gasteiger partial charge >= 0.3 is 0 Å². The van der Waals surface area contributed by atoms with Crippen LogP contribution in [0.3, 0.4) is 0 Å². The molecule has 0 unspecified atom stereocenters. The summed E-state index contributed by atoms with van der Waals surface area (Å²) in [5.41, 5.74) is 3.00. The summed E-state index contributed by atoms with van der Waals surface area (Å²) in [6.07, 6.45) is 2.91. The van der Waals surface area contributed by atoms with E-state index in [9.17, 15) is 5.11 Å². The van der Waals surface area contributed by atoms with E-state index in [1.165, 1.54) is 11.5 Å². The van der Waals surface area contributed by atoms with Crippen molar-refractivity contribution in [2.75, 3.05) is 11.4 Å². The summed E-state index contributed by atoms with van der Waals surface area (Å²) in [4.78, 5) is 6.79. The van der Waals surface area contributed by atoms with Crippen molar-refractivity contribution in [1.82, 2.24) is 19.6 Å². The molecule has 0 aliphatic carbocycles. The Kier molecular flexibility index (Phi) is 3.48. The zero-order chi connectivity index (χ0) is 13.2. The number of aromatic nitrogens is 4. The number of aromatic amines is 1. The Balaban J connectivity index is 1.80. The first-order chi connectivity index (χ1) is 9.31. The molecule has 0 saturated heterocycles. The normalized spacial score (nSPS) is 14.7. The van der Waals surface area contributed by atoms with Gasteiger partial charge in [0.15, 0.2) is 0 Å². The molecule has 0 atom stereocenters. The highest BCUT2D eigenvalue weighted by atomic mass is 32.1. The molecule has 102 valence electrons. The lowest BCUT2D eigenvalue weighted by Crippen LogP contribution is -2.30. The number of aliphatic hydroxyl groups excluding tert-OH is 1. The van der Waals surface area contributed by atoms with Gasteiger partial charge in [0.05, 0.1) is 12.3 Å². The van der Waals surface area contributed by atoms with E-state index >= 15 is 0 Å². The van der Waals surface area contributed by atoms with Crippen LogP contribution in [0.4, 0.5) is 5.13 Å². The predicted molar refractivity (Wildman–Crippen MR) is 73.2 cm³/mol. The van der Waals surface area contributed by atoms with Crippen LogP contribution in [0.2, 0.25) is 0 Å². The Bertz CT molecular complexity index is 551. The van der Waals surface area contributed by atoms with Gasteiger partial charge in [-0.05, 0) is 6.42 Å². The van der Waals surface area contributed by atoms with Crippen molar-refractivity contribution in [2.45, 2.75) is 39.3 Å². The Morgan fingerprint density at radius 2 is 2.37 bits per heavy atom. The van der Waals surface area contributed by atoms with Crippen molar-refractivity contribution < 1.29 is 5.11 Å². The number of aliphatic hydroxyl groups is 1. The minimum absolute atomic E-state index is 0.0170. The highest BCUT2D eigenvalue weighted by Crippen LogP contribution is 2.26. The molecule has 2 aromatic rings. The van der Waals surface area contributed by atoms with E-state index in [1.807, 2.05) is 0 Å². The Hall–Kier alpha value is -1.47. The molecule has 0 fully saturated rings. The van der Waals surface area contributed by atoms with Gasteiger partial charge in [0.2, 0.25) is 5.13 Å². The van der Waals surface area contributed by atoms with Crippen molar-refractivity contribution in [3.8, 4) is 0 Å². The largest absolute Gasteiger partial charge is 0.390 e. The van der Waals surface area contributed by atoms with Gasteiger partial charge in [0.25, 0.3) is 0 Å². The van der Waals surface area contributed by atoms with E-state index in [4.69, 9.17) is 0 Å². The second-order valence-electron chi connectivity index (χ2n) is 4.70. The van der Waals surface area contributed by atoms with Crippen LogP contribution in [0.1, 0.15) is 36.1 Å². The number of hydrogen-bond donors (Lipinski definition) is 2. The third-order valence-electron chi connectivity index (χ3n) is 3.37. The smallest absolute Gasteiger partial charge is 0.205 e. The molecule has 1 aliphatic rings. The molecule has 7 heteroatoms. The molecule has 0 aromatic carbocycles. The molecule has 0 saturated carbocycles. The molecule has 6 nitrogen and oxygen atoms in total. The fourth-order valence-corrected chi connectivity index (χ4v) is 3.08. The number of aryl methyl sites for hydroxylation is 1. The Labute approximate surface area is 115 Å². The molecule has 2 aromatic heterocycles. The van der Waals surface area contributed by atoms with Crippen LogP contribution in [-0.4, -0.2) is 31.2 Å². The summed E-state index contributed by atoms with van der Waals surface area (Å²) >= 11 is 1.46. The first kappa shape index (κ1) is 12.6. The van der Waals surface area contributed by atoms with Gasteiger partial charge in [-0.1, -0.05) is 6.92 Å². The lowest BCUT2D eigenvalue weighted by Gasteiger charge is -2.26. The van der Waals surface area contributed by atoms with Crippen LogP contribution in [0.5, 0.6) is 0 Å². The number of hydrogen-bond acceptors (Lipinski definition) is 6. The minimum atomic E-state index is -0.0170. The van der Waals surface area contributed by atoms with Crippen molar-refractivity contribution >= 4 is 16.7 Å². The summed E-state index contributed by atoms with van der Waals surface area (Å²) in [6, 6.07) is 0. The summed E-state index contributed by atoms with van der Waals surface area (Å²) in [5.74, 6) is 0.933. The van der Waals surface area contributed by atoms with Gasteiger partial charge in [0.1, 0.15) is 5.82 Å². The number of rotatable bonds is 4. The molecule has 19 heavy (non-hydrogen) atoms. The molecule has 0 radical (unpaired) electrons. The first-order valence-corrected chi connectivity index (χ1v) is 7.32. The van der Waals surface area contributed by atoms with Gasteiger partial charge in [-0.3, -0.25) is 5.10 Å². The lowest BCUT2D eigenvalue weighted by molar-refractivity contribution is 0.275. The van der Waals surface area contributed by atoms with Crippen LogP contribution in [0, 0.1) is 0 Å². The number of anilines is 1. The average Bonchev–Trinajstić information content (AvgIpc) is 3.04. The van der Waals surface area contributed by atoms with E-state index in [-0.39, 0.29) is 6.61 Å². The Morgan fingerprint density at radius 3 is 3.16 bits per heavy atom. The second kappa shape index (κ2) is 5.26. The number of H-pyrrole nitrogens is 1. The van der Waals surface area contributed by atoms with Gasteiger partial charge in [-0.15, -0.1) is 0 Å². The molecule has 0 spiro atoms. The topological polar surface area (TPSA) is 77.9 Å². The van der Waals surface area contributed by atoms with E-state index in [1.54, 1.807) is 0 Å². The van der Waals surface area contributed by atoms with E-state index < -0.39 is 0 Å². The van der Waals surface area contributed by atoms with Crippen LogP contribution in [0.15, 0.2) is 0 Å². The maximum absolute atomic E-state index is 9.29. The van der Waals surface area contributed by atoms with Crippen LogP contribution < -0.4 is 4.90 Å². The molecule has 3 heterocycles. The van der Waals surface area contributed by atoms with Crippen molar-refractivity contribution in [3.05, 3.63) is 22.8 Å². The maximum Gasteiger partial charge on any atom is 0.205 e. The van der Waals surface area contributed by atoms with Gasteiger partial charge in [0, 0.05) is 48.7 Å². The number of nitrogens with zero attached hydrogens (tertiary/aromatic N) is 4. The van der Waals surface area contributed by atoms with Gasteiger partial charge in [-0.25, -0.2) is 4.98 Å². The average molecular weight is 279 g/mol. The molecule has 0 amide bonds. The van der Waals surface area contributed by atoms with Crippen LogP contribution in [-0.2, 0) is 26.0 Å². The third kappa shape index (κ3) is 2.35. The first-order valence-electron chi connectivity index (χ1n) is 6.55. The molecular formula is C12H17N5OS. The highest BCUT2D eigenvalue weighted by molar-refractivity contribution is 7.09. The zero-order valence-corrected chi connectivity index (χ0v) is 11.7. The number of fused-ring (bicyclic) bond motifs is 1. The molecule has 3 rings (SSSR count). The minimum Gasteiger partial charge on any atom is -0.390 e. The predicted octanol–water partition coefficient (Wildman–Crippen LogP) is 1.27. The van der Waals surface area contributed by atoms with E-state index in [2.05, 4.69) is 31.4 Å². The van der Waals surface area contributed by atoms with Crippen molar-refractivity contribution in [1.29, 1.82) is 0 Å². The van der Waals surface area contributed by atoms with Crippen molar-refractivity contribution in [2.24, 2.45) is 0 Å². The molecule has 0 bridgehead atoms. The number of nitrogens with one attached hydrogen (secondary N) is 1. The zero-order valence-electron chi connectivity index (χ0n) is 10.9. The molecule has 1 aliphatic heterocycles. The van der Waals surface area contributed by atoms with E-state index in [0.29, 0.717) is 0 Å². The third-order valence-corrected chi connectivity index (χ3v) is 4.19. The van der Waals surface area contributed by atoms with E-state index in [0.717, 1.165) is 60.3 Å². The molecular weight excluding hydrogens is 262 g/mol. The lowest BCUT2D eigenvalue weighted by atomic mass is 10.1. The fourth-order valence-electron chi connectivity index (χ4n) is 2.35.